The topological polar surface area (TPSA) is 49.1 Å². The lowest BCUT2D eigenvalue weighted by Crippen LogP contribution is -2.50. The maximum Gasteiger partial charge on any atom is 0.129 e. The van der Waals surface area contributed by atoms with Crippen molar-refractivity contribution < 1.29 is 14.3 Å². The molecule has 2 saturated heterocycles. The highest BCUT2D eigenvalue weighted by atomic mass is 16.5. The molecule has 5 heteroatoms. The Bertz CT molecular complexity index is 469. The zero-order chi connectivity index (χ0) is 16.1. The van der Waals surface area contributed by atoms with Crippen LogP contribution in [-0.4, -0.2) is 60.8 Å². The molecular formula is C18H30N2O3. The molecular weight excluding hydrogens is 292 g/mol. The summed E-state index contributed by atoms with van der Waals surface area (Å²) in [5.41, 5.74) is 0. The smallest absolute Gasteiger partial charge is 0.129 e. The van der Waals surface area contributed by atoms with Gasteiger partial charge in [-0.3, -0.25) is 9.80 Å². The molecule has 130 valence electrons. The monoisotopic (exact) mass is 322 g/mol. The van der Waals surface area contributed by atoms with Gasteiger partial charge in [0.2, 0.25) is 0 Å². The van der Waals surface area contributed by atoms with E-state index in [1.807, 2.05) is 6.07 Å². The van der Waals surface area contributed by atoms with Gasteiger partial charge < -0.3 is 14.3 Å². The molecule has 5 nitrogen and oxygen atoms in total. The van der Waals surface area contributed by atoms with Gasteiger partial charge in [0.25, 0.3) is 0 Å². The van der Waals surface area contributed by atoms with Crippen LogP contribution < -0.4 is 0 Å². The average Bonchev–Trinajstić information content (AvgIpc) is 3.03. The van der Waals surface area contributed by atoms with Crippen molar-refractivity contribution in [1.82, 2.24) is 9.80 Å². The molecule has 1 aromatic rings. The van der Waals surface area contributed by atoms with Gasteiger partial charge in [0.15, 0.2) is 0 Å². The summed E-state index contributed by atoms with van der Waals surface area (Å²) in [6.07, 6.45) is 4.85. The van der Waals surface area contributed by atoms with E-state index in [1.165, 1.54) is 12.8 Å². The van der Waals surface area contributed by atoms with Gasteiger partial charge in [0.1, 0.15) is 18.1 Å². The minimum absolute atomic E-state index is 0.354. The van der Waals surface area contributed by atoms with Crippen LogP contribution in [0.5, 0.6) is 0 Å². The number of likely N-dealkylation sites (tertiary alicyclic amines) is 2. The summed E-state index contributed by atoms with van der Waals surface area (Å²) in [5, 5.41) is 9.29. The van der Waals surface area contributed by atoms with Crippen molar-refractivity contribution in [3.8, 4) is 0 Å². The van der Waals surface area contributed by atoms with Crippen LogP contribution in [0.25, 0.3) is 0 Å². The van der Waals surface area contributed by atoms with Crippen molar-refractivity contribution in [2.75, 3.05) is 39.9 Å². The fraction of sp³-hybridized carbons (Fsp3) is 0.778. The van der Waals surface area contributed by atoms with E-state index in [2.05, 4.69) is 15.9 Å². The third-order valence-electron chi connectivity index (χ3n) is 5.29. The molecule has 23 heavy (non-hydrogen) atoms. The minimum atomic E-state index is 0.354. The standard InChI is InChI=1S/C18H30N2O3/c1-22-14-18-5-4-17(23-18)12-19-8-2-3-16(11-19)20-9-6-15(13-21)7-10-20/h4-5,15-16,21H,2-3,6-14H2,1H3/t16-/m1/s1. The molecule has 1 N–H and O–H groups in total. The Morgan fingerprint density at radius 2 is 1.96 bits per heavy atom. The van der Waals surface area contributed by atoms with Crippen LogP contribution in [-0.2, 0) is 17.9 Å². The SMILES string of the molecule is COCc1ccc(CN2CCC[C@@H](N3CCC(CO)CC3)C2)o1. The Morgan fingerprint density at radius 1 is 1.17 bits per heavy atom. The van der Waals surface area contributed by atoms with E-state index in [0.717, 1.165) is 57.1 Å². The first-order chi connectivity index (χ1) is 11.3. The van der Waals surface area contributed by atoms with Crippen molar-refractivity contribution in [2.45, 2.75) is 44.9 Å². The van der Waals surface area contributed by atoms with Crippen LogP contribution in [0.15, 0.2) is 16.5 Å². The van der Waals surface area contributed by atoms with Crippen LogP contribution in [0.3, 0.4) is 0 Å². The van der Waals surface area contributed by atoms with E-state index < -0.39 is 0 Å². The van der Waals surface area contributed by atoms with Crippen molar-refractivity contribution in [1.29, 1.82) is 0 Å². The second-order valence-electron chi connectivity index (χ2n) is 6.99. The number of hydrogen-bond acceptors (Lipinski definition) is 5. The van der Waals surface area contributed by atoms with Crippen LogP contribution in [0, 0.1) is 5.92 Å². The van der Waals surface area contributed by atoms with E-state index in [-0.39, 0.29) is 0 Å². The molecule has 0 aromatic carbocycles. The average molecular weight is 322 g/mol. The molecule has 0 amide bonds. The number of aliphatic hydroxyl groups excluding tert-OH is 1. The number of ether oxygens (including phenoxy) is 1. The lowest BCUT2D eigenvalue weighted by molar-refractivity contribution is 0.0519. The van der Waals surface area contributed by atoms with E-state index in [4.69, 9.17) is 9.15 Å². The van der Waals surface area contributed by atoms with Crippen molar-refractivity contribution >= 4 is 0 Å². The van der Waals surface area contributed by atoms with Crippen molar-refractivity contribution in [3.63, 3.8) is 0 Å². The number of nitrogens with zero attached hydrogens (tertiary/aromatic N) is 2. The lowest BCUT2D eigenvalue weighted by Gasteiger charge is -2.42. The summed E-state index contributed by atoms with van der Waals surface area (Å²) in [5.74, 6) is 2.46. The predicted octanol–water partition coefficient (Wildman–Crippen LogP) is 2.09. The maximum atomic E-state index is 9.29. The number of furan rings is 1. The Labute approximate surface area is 139 Å². The summed E-state index contributed by atoms with van der Waals surface area (Å²) in [7, 11) is 1.69. The third-order valence-corrected chi connectivity index (χ3v) is 5.29. The summed E-state index contributed by atoms with van der Waals surface area (Å²) in [6, 6.07) is 4.75. The molecule has 3 heterocycles. The van der Waals surface area contributed by atoms with Gasteiger partial charge in [0, 0.05) is 26.3 Å². The highest BCUT2D eigenvalue weighted by Crippen LogP contribution is 2.24. The molecule has 2 fully saturated rings. The van der Waals surface area contributed by atoms with Gasteiger partial charge in [-0.05, 0) is 63.4 Å². The van der Waals surface area contributed by atoms with Crippen LogP contribution >= 0.6 is 0 Å². The predicted molar refractivity (Wildman–Crippen MR) is 89.1 cm³/mol. The van der Waals surface area contributed by atoms with Crippen molar-refractivity contribution in [3.05, 3.63) is 23.7 Å². The van der Waals surface area contributed by atoms with E-state index in [1.54, 1.807) is 7.11 Å². The zero-order valence-electron chi connectivity index (χ0n) is 14.2. The number of methoxy groups -OCH3 is 1. The number of rotatable bonds is 6. The number of aliphatic hydroxyl groups is 1. The molecule has 0 spiro atoms. The van der Waals surface area contributed by atoms with Gasteiger partial charge >= 0.3 is 0 Å². The first-order valence-corrected chi connectivity index (χ1v) is 8.92. The second-order valence-corrected chi connectivity index (χ2v) is 6.99. The Morgan fingerprint density at radius 3 is 2.70 bits per heavy atom. The summed E-state index contributed by atoms with van der Waals surface area (Å²) < 4.78 is 10.9. The highest BCUT2D eigenvalue weighted by molar-refractivity contribution is 5.06. The third kappa shape index (κ3) is 4.57. The molecule has 1 aromatic heterocycles. The van der Waals surface area contributed by atoms with E-state index >= 15 is 0 Å². The van der Waals surface area contributed by atoms with Gasteiger partial charge in [-0.2, -0.15) is 0 Å². The van der Waals surface area contributed by atoms with Crippen LogP contribution in [0.4, 0.5) is 0 Å². The molecule has 0 aliphatic carbocycles. The normalized spacial score (nSPS) is 25.0. The van der Waals surface area contributed by atoms with Gasteiger partial charge in [-0.1, -0.05) is 0 Å². The van der Waals surface area contributed by atoms with Gasteiger partial charge in [-0.15, -0.1) is 0 Å². The summed E-state index contributed by atoms with van der Waals surface area (Å²) in [6.45, 7) is 6.36. The highest BCUT2D eigenvalue weighted by Gasteiger charge is 2.28. The largest absolute Gasteiger partial charge is 0.462 e. The molecule has 2 aliphatic heterocycles. The second kappa shape index (κ2) is 8.29. The minimum Gasteiger partial charge on any atom is -0.462 e. The van der Waals surface area contributed by atoms with Crippen molar-refractivity contribution in [2.24, 2.45) is 5.92 Å². The molecule has 0 radical (unpaired) electrons. The Balaban J connectivity index is 1.49. The Hall–Kier alpha value is -0.880. The quantitative estimate of drug-likeness (QED) is 0.869. The maximum absolute atomic E-state index is 9.29. The lowest BCUT2D eigenvalue weighted by atomic mass is 9.94. The molecule has 0 bridgehead atoms. The number of piperidine rings is 2. The molecule has 0 saturated carbocycles. The molecule has 2 aliphatic rings. The van der Waals surface area contributed by atoms with Gasteiger partial charge in [-0.25, -0.2) is 0 Å². The van der Waals surface area contributed by atoms with Crippen LogP contribution in [0.2, 0.25) is 0 Å². The molecule has 0 unspecified atom stereocenters. The van der Waals surface area contributed by atoms with E-state index in [0.29, 0.717) is 25.2 Å². The first-order valence-electron chi connectivity index (χ1n) is 8.92. The fourth-order valence-electron chi connectivity index (χ4n) is 3.92. The Kier molecular flexibility index (Phi) is 6.11. The summed E-state index contributed by atoms with van der Waals surface area (Å²) in [4.78, 5) is 5.15. The fourth-order valence-corrected chi connectivity index (χ4v) is 3.92. The van der Waals surface area contributed by atoms with E-state index in [9.17, 15) is 5.11 Å². The van der Waals surface area contributed by atoms with Crippen LogP contribution in [0.1, 0.15) is 37.2 Å². The van der Waals surface area contributed by atoms with Gasteiger partial charge in [0.05, 0.1) is 6.54 Å². The molecule has 3 rings (SSSR count). The number of hydrogen-bond donors (Lipinski definition) is 1. The summed E-state index contributed by atoms with van der Waals surface area (Å²) >= 11 is 0. The zero-order valence-corrected chi connectivity index (χ0v) is 14.2. The first kappa shape index (κ1) is 17.0. The molecule has 1 atom stereocenters.